The minimum atomic E-state index is -3.08. The number of benzene rings is 2. The molecule has 2 N–H and O–H groups in total. The fourth-order valence-electron chi connectivity index (χ4n) is 5.80. The number of nitrogens with two attached hydrogens (primary N) is 1. The number of pyridine rings is 1. The van der Waals surface area contributed by atoms with Crippen LogP contribution in [0.4, 0.5) is 20.4 Å². The maximum absolute atomic E-state index is 14.4. The molecule has 0 unspecified atom stereocenters. The number of anilines is 2. The Hall–Kier alpha value is -4.32. The van der Waals surface area contributed by atoms with Crippen LogP contribution >= 0.6 is 0 Å². The van der Waals surface area contributed by atoms with Crippen LogP contribution in [0, 0.1) is 16.7 Å². The van der Waals surface area contributed by atoms with E-state index in [4.69, 9.17) is 10.7 Å². The van der Waals surface area contributed by atoms with Gasteiger partial charge in [-0.1, -0.05) is 12.1 Å². The highest BCUT2D eigenvalue weighted by Gasteiger charge is 2.48. The third-order valence-electron chi connectivity index (χ3n) is 8.21. The Balaban J connectivity index is 1.50. The Bertz CT molecular complexity index is 1580. The van der Waals surface area contributed by atoms with Gasteiger partial charge < -0.3 is 10.6 Å². The van der Waals surface area contributed by atoms with Crippen LogP contribution in [0.5, 0.6) is 0 Å². The molecule has 198 valence electrons. The van der Waals surface area contributed by atoms with E-state index in [0.29, 0.717) is 45.1 Å². The SMILES string of the molecule is CN=C(N)c1ccc(C#N)cc1-c1cc(N2CCC3(CC3)C2)nc(N2Cc3c(cccc3C(C)(F)F)C2=O)c1. The van der Waals surface area contributed by atoms with Crippen LogP contribution in [0.3, 0.4) is 0 Å². The minimum absolute atomic E-state index is 0.00273. The highest BCUT2D eigenvalue weighted by Crippen LogP contribution is 2.53. The number of rotatable bonds is 5. The van der Waals surface area contributed by atoms with Crippen LogP contribution < -0.4 is 15.5 Å². The van der Waals surface area contributed by atoms with Crippen molar-refractivity contribution in [2.75, 3.05) is 29.9 Å². The zero-order chi connectivity index (χ0) is 27.5. The van der Waals surface area contributed by atoms with Crippen molar-refractivity contribution in [1.29, 1.82) is 5.26 Å². The lowest BCUT2D eigenvalue weighted by molar-refractivity contribution is 0.0166. The molecule has 7 nitrogen and oxygen atoms in total. The standard InChI is InChI=1S/C30H28F2N6O/c1-29(31,32)24-5-3-4-21-23(24)16-38(28(21)39)26-14-19(13-25(36-26)37-11-10-30(17-37)8-9-30)22-12-18(15-33)6-7-20(22)27(34)35-2/h3-7,12-14H,8-11,16-17H2,1-2H3,(H2,34,35). The number of amides is 1. The first-order valence-electron chi connectivity index (χ1n) is 13.0. The van der Waals surface area contributed by atoms with Crippen LogP contribution in [-0.4, -0.2) is 36.9 Å². The van der Waals surface area contributed by atoms with Gasteiger partial charge in [0.1, 0.15) is 17.5 Å². The number of halogens is 2. The maximum atomic E-state index is 14.4. The summed E-state index contributed by atoms with van der Waals surface area (Å²) >= 11 is 0. The lowest BCUT2D eigenvalue weighted by Gasteiger charge is -2.23. The van der Waals surface area contributed by atoms with Crippen molar-refractivity contribution >= 4 is 23.4 Å². The predicted molar refractivity (Wildman–Crippen MR) is 146 cm³/mol. The zero-order valence-electron chi connectivity index (χ0n) is 21.8. The maximum Gasteiger partial charge on any atom is 0.270 e. The van der Waals surface area contributed by atoms with Gasteiger partial charge in [0.15, 0.2) is 0 Å². The van der Waals surface area contributed by atoms with Crippen LogP contribution in [0.25, 0.3) is 11.1 Å². The van der Waals surface area contributed by atoms with Gasteiger partial charge in [-0.2, -0.15) is 5.26 Å². The van der Waals surface area contributed by atoms with E-state index in [9.17, 15) is 18.8 Å². The number of hydrogen-bond acceptors (Lipinski definition) is 5. The molecule has 3 heterocycles. The first kappa shape index (κ1) is 25.0. The van der Waals surface area contributed by atoms with Gasteiger partial charge in [-0.25, -0.2) is 13.8 Å². The highest BCUT2D eigenvalue weighted by molar-refractivity contribution is 6.10. The second-order valence-corrected chi connectivity index (χ2v) is 10.8. The van der Waals surface area contributed by atoms with E-state index in [0.717, 1.165) is 32.0 Å². The molecule has 0 radical (unpaired) electrons. The average Bonchev–Trinajstić information content (AvgIpc) is 3.42. The number of aliphatic imine (C=N–C) groups is 1. The summed E-state index contributed by atoms with van der Waals surface area (Å²) < 4.78 is 28.8. The summed E-state index contributed by atoms with van der Waals surface area (Å²) in [5.41, 5.74) is 9.50. The summed E-state index contributed by atoms with van der Waals surface area (Å²) in [4.78, 5) is 26.3. The van der Waals surface area contributed by atoms with E-state index in [1.54, 1.807) is 37.4 Å². The van der Waals surface area contributed by atoms with Crippen molar-refractivity contribution < 1.29 is 13.6 Å². The van der Waals surface area contributed by atoms with E-state index >= 15 is 0 Å². The average molecular weight is 527 g/mol. The summed E-state index contributed by atoms with van der Waals surface area (Å²) in [7, 11) is 1.60. The number of nitriles is 1. The van der Waals surface area contributed by atoms with Gasteiger partial charge in [-0.15, -0.1) is 0 Å². The van der Waals surface area contributed by atoms with Gasteiger partial charge in [0.25, 0.3) is 11.8 Å². The molecule has 3 aliphatic rings. The van der Waals surface area contributed by atoms with Crippen LogP contribution in [0.2, 0.25) is 0 Å². The van der Waals surface area contributed by atoms with Crippen molar-refractivity contribution in [2.45, 2.75) is 38.7 Å². The number of hydrogen-bond donors (Lipinski definition) is 1. The van der Waals surface area contributed by atoms with Gasteiger partial charge in [-0.05, 0) is 77.8 Å². The van der Waals surface area contributed by atoms with Crippen molar-refractivity contribution in [2.24, 2.45) is 16.1 Å². The van der Waals surface area contributed by atoms with Gasteiger partial charge in [0.2, 0.25) is 0 Å². The number of nitrogens with zero attached hydrogens (tertiary/aromatic N) is 5. The molecule has 2 aliphatic heterocycles. The molecule has 1 aliphatic carbocycles. The van der Waals surface area contributed by atoms with E-state index in [1.165, 1.54) is 29.9 Å². The Kier molecular flexibility index (Phi) is 5.68. The van der Waals surface area contributed by atoms with Crippen molar-refractivity contribution in [1.82, 2.24) is 4.98 Å². The first-order valence-corrected chi connectivity index (χ1v) is 13.0. The third-order valence-corrected chi connectivity index (χ3v) is 8.21. The number of alkyl halides is 2. The molecular formula is C30H28F2N6O. The van der Waals surface area contributed by atoms with Gasteiger partial charge in [0.05, 0.1) is 18.2 Å². The summed E-state index contributed by atoms with van der Waals surface area (Å²) in [5, 5.41) is 9.59. The number of carbonyl (C=O) groups excluding carboxylic acids is 1. The second kappa shape index (κ2) is 8.87. The normalized spacial score (nSPS) is 18.0. The highest BCUT2D eigenvalue weighted by atomic mass is 19.3. The second-order valence-electron chi connectivity index (χ2n) is 10.8. The number of aromatic nitrogens is 1. The Morgan fingerprint density at radius 2 is 1.90 bits per heavy atom. The zero-order valence-corrected chi connectivity index (χ0v) is 21.8. The minimum Gasteiger partial charge on any atom is -0.383 e. The molecule has 1 saturated carbocycles. The summed E-state index contributed by atoms with van der Waals surface area (Å²) in [6.45, 7) is 2.57. The van der Waals surface area contributed by atoms with Gasteiger partial charge in [-0.3, -0.25) is 14.7 Å². The molecule has 0 bridgehead atoms. The fourth-order valence-corrected chi connectivity index (χ4v) is 5.80. The van der Waals surface area contributed by atoms with E-state index in [-0.39, 0.29) is 23.6 Å². The third kappa shape index (κ3) is 4.30. The molecule has 9 heteroatoms. The van der Waals surface area contributed by atoms with E-state index in [2.05, 4.69) is 16.0 Å². The number of amidine groups is 1. The Morgan fingerprint density at radius 3 is 2.56 bits per heavy atom. The molecule has 39 heavy (non-hydrogen) atoms. The van der Waals surface area contributed by atoms with E-state index in [1.807, 2.05) is 6.07 Å². The van der Waals surface area contributed by atoms with Crippen LogP contribution in [0.15, 0.2) is 53.5 Å². The van der Waals surface area contributed by atoms with Gasteiger partial charge in [0, 0.05) is 43.8 Å². The molecular weight excluding hydrogens is 498 g/mol. The number of carbonyl (C=O) groups is 1. The molecule has 1 amide bonds. The molecule has 1 saturated heterocycles. The first-order chi connectivity index (χ1) is 18.6. The summed E-state index contributed by atoms with van der Waals surface area (Å²) in [6.07, 6.45) is 3.48. The summed E-state index contributed by atoms with van der Waals surface area (Å²) in [5.74, 6) is -2.07. The Labute approximate surface area is 225 Å². The summed E-state index contributed by atoms with van der Waals surface area (Å²) in [6, 6.07) is 15.5. The molecule has 1 aromatic heterocycles. The van der Waals surface area contributed by atoms with Crippen LogP contribution in [0.1, 0.15) is 58.8 Å². The fraction of sp³-hybridized carbons (Fsp3) is 0.333. The molecule has 2 aromatic carbocycles. The Morgan fingerprint density at radius 1 is 1.13 bits per heavy atom. The molecule has 0 atom stereocenters. The smallest absolute Gasteiger partial charge is 0.270 e. The topological polar surface area (TPSA) is 98.6 Å². The molecule has 6 rings (SSSR count). The molecule has 1 spiro atoms. The largest absolute Gasteiger partial charge is 0.383 e. The monoisotopic (exact) mass is 526 g/mol. The van der Waals surface area contributed by atoms with Gasteiger partial charge >= 0.3 is 0 Å². The number of fused-ring (bicyclic) bond motifs is 1. The molecule has 3 aromatic rings. The van der Waals surface area contributed by atoms with E-state index < -0.39 is 5.92 Å². The molecule has 2 fully saturated rings. The van der Waals surface area contributed by atoms with Crippen LogP contribution in [-0.2, 0) is 12.5 Å². The van der Waals surface area contributed by atoms with Crippen molar-refractivity contribution in [3.8, 4) is 17.2 Å². The van der Waals surface area contributed by atoms with Crippen molar-refractivity contribution in [3.63, 3.8) is 0 Å². The quantitative estimate of drug-likeness (QED) is 0.363. The predicted octanol–water partition coefficient (Wildman–Crippen LogP) is 5.22. The van der Waals surface area contributed by atoms with Crippen molar-refractivity contribution in [3.05, 3.63) is 76.3 Å². The lowest BCUT2D eigenvalue weighted by atomic mass is 9.97. The lowest BCUT2D eigenvalue weighted by Crippen LogP contribution is -2.26.